The maximum Gasteiger partial charge on any atom is 0.244 e. The molecule has 0 radical (unpaired) electrons. The van der Waals surface area contributed by atoms with Crippen molar-refractivity contribution in [2.75, 3.05) is 0 Å². The van der Waals surface area contributed by atoms with Gasteiger partial charge in [0.15, 0.2) is 0 Å². The number of hydrogen-bond donors (Lipinski definition) is 1. The highest BCUT2D eigenvalue weighted by atomic mass is 16.5. The van der Waals surface area contributed by atoms with E-state index < -0.39 is 5.91 Å². The van der Waals surface area contributed by atoms with Crippen LogP contribution in [0.4, 0.5) is 0 Å². The van der Waals surface area contributed by atoms with Crippen molar-refractivity contribution in [1.29, 1.82) is 0 Å². The summed E-state index contributed by atoms with van der Waals surface area (Å²) in [4.78, 5) is 16.2. The number of aromatic nitrogens is 5. The van der Waals surface area contributed by atoms with Gasteiger partial charge in [-0.25, -0.2) is 9.50 Å². The van der Waals surface area contributed by atoms with Crippen molar-refractivity contribution < 1.29 is 9.53 Å². The van der Waals surface area contributed by atoms with E-state index in [1.807, 2.05) is 25.5 Å². The number of hydrogen-bond acceptors (Lipinski definition) is 5. The number of ether oxygens (including phenoxy) is 1. The third kappa shape index (κ3) is 3.42. The van der Waals surface area contributed by atoms with Crippen LogP contribution in [0.15, 0.2) is 43.0 Å². The Balaban J connectivity index is 1.62. The molecule has 1 fully saturated rings. The smallest absolute Gasteiger partial charge is 0.244 e. The van der Waals surface area contributed by atoms with Gasteiger partial charge in [-0.05, 0) is 37.7 Å². The third-order valence-corrected chi connectivity index (χ3v) is 5.07. The number of fused-ring (bicyclic) bond motifs is 1. The molecule has 27 heavy (non-hydrogen) atoms. The van der Waals surface area contributed by atoms with E-state index in [9.17, 15) is 4.79 Å². The highest BCUT2D eigenvalue weighted by Gasteiger charge is 2.28. The molecule has 3 aromatic heterocycles. The number of primary amides is 1. The summed E-state index contributed by atoms with van der Waals surface area (Å²) in [7, 11) is 1.86. The molecule has 0 spiro atoms. The number of carbonyl (C=O) groups is 1. The lowest BCUT2D eigenvalue weighted by Crippen LogP contribution is -2.30. The lowest BCUT2D eigenvalue weighted by Gasteiger charge is -2.29. The zero-order valence-electron chi connectivity index (χ0n) is 15.2. The Hall–Kier alpha value is -3.16. The fourth-order valence-corrected chi connectivity index (χ4v) is 3.60. The van der Waals surface area contributed by atoms with Gasteiger partial charge in [0, 0.05) is 24.4 Å². The van der Waals surface area contributed by atoms with Crippen LogP contribution in [0.1, 0.15) is 25.7 Å². The molecule has 2 N–H and O–H groups in total. The summed E-state index contributed by atoms with van der Waals surface area (Å²) >= 11 is 0. The first-order chi connectivity index (χ1) is 13.0. The van der Waals surface area contributed by atoms with E-state index in [-0.39, 0.29) is 12.0 Å². The van der Waals surface area contributed by atoms with Gasteiger partial charge in [-0.1, -0.05) is 6.58 Å². The molecule has 1 aliphatic rings. The number of carbonyl (C=O) groups excluding carboxylic acids is 1. The van der Waals surface area contributed by atoms with Crippen molar-refractivity contribution in [3.8, 4) is 17.1 Å². The predicted octanol–water partition coefficient (Wildman–Crippen LogP) is 2.11. The highest BCUT2D eigenvalue weighted by molar-refractivity contribution is 5.91. The molecule has 3 heterocycles. The second-order valence-electron chi connectivity index (χ2n) is 6.99. The molecule has 0 aliphatic heterocycles. The minimum Gasteiger partial charge on any atom is -0.473 e. The quantitative estimate of drug-likeness (QED) is 0.697. The number of amides is 1. The van der Waals surface area contributed by atoms with Gasteiger partial charge in [0.2, 0.25) is 11.8 Å². The number of nitrogens with zero attached hydrogens (tertiary/aromatic N) is 5. The predicted molar refractivity (Wildman–Crippen MR) is 99.9 cm³/mol. The Bertz CT molecular complexity index is 1000. The van der Waals surface area contributed by atoms with Gasteiger partial charge in [-0.15, -0.1) is 0 Å². The van der Waals surface area contributed by atoms with Crippen LogP contribution >= 0.6 is 0 Å². The summed E-state index contributed by atoms with van der Waals surface area (Å²) in [5.74, 6) is 0.156. The fraction of sp³-hybridized carbons (Fsp3) is 0.368. The van der Waals surface area contributed by atoms with Gasteiger partial charge in [0.05, 0.1) is 24.3 Å². The maximum atomic E-state index is 11.5. The molecule has 8 heteroatoms. The van der Waals surface area contributed by atoms with E-state index in [0.29, 0.717) is 17.9 Å². The van der Waals surface area contributed by atoms with Gasteiger partial charge < -0.3 is 10.5 Å². The Morgan fingerprint density at radius 3 is 2.93 bits per heavy atom. The van der Waals surface area contributed by atoms with Gasteiger partial charge in [0.25, 0.3) is 0 Å². The number of rotatable bonds is 5. The van der Waals surface area contributed by atoms with Crippen LogP contribution in [-0.2, 0) is 11.8 Å². The summed E-state index contributed by atoms with van der Waals surface area (Å²) in [6.45, 7) is 3.85. The largest absolute Gasteiger partial charge is 0.473 e. The van der Waals surface area contributed by atoms with Crippen molar-refractivity contribution in [2.24, 2.45) is 18.7 Å². The van der Waals surface area contributed by atoms with E-state index in [1.165, 1.54) is 0 Å². The molecule has 3 aromatic rings. The number of nitrogens with two attached hydrogens (primary N) is 1. The van der Waals surface area contributed by atoms with E-state index in [4.69, 9.17) is 15.5 Å². The number of aryl methyl sites for hydroxylation is 1. The zero-order valence-corrected chi connectivity index (χ0v) is 15.2. The van der Waals surface area contributed by atoms with E-state index in [1.54, 1.807) is 21.6 Å². The normalized spacial score (nSPS) is 19.9. The third-order valence-electron chi connectivity index (χ3n) is 5.07. The molecule has 0 aromatic carbocycles. The maximum absolute atomic E-state index is 11.5. The summed E-state index contributed by atoms with van der Waals surface area (Å²) in [5.41, 5.74) is 8.32. The van der Waals surface area contributed by atoms with Gasteiger partial charge in [-0.2, -0.15) is 10.2 Å². The molecule has 1 amide bonds. The van der Waals surface area contributed by atoms with Crippen molar-refractivity contribution in [3.05, 3.63) is 43.0 Å². The van der Waals surface area contributed by atoms with Crippen LogP contribution in [0.25, 0.3) is 16.8 Å². The van der Waals surface area contributed by atoms with Gasteiger partial charge in [-0.3, -0.25) is 9.48 Å². The molecule has 1 aliphatic carbocycles. The van der Waals surface area contributed by atoms with E-state index in [0.717, 1.165) is 36.0 Å². The minimum atomic E-state index is -0.435. The summed E-state index contributed by atoms with van der Waals surface area (Å²) in [6.07, 6.45) is 10.7. The Morgan fingerprint density at radius 1 is 1.33 bits per heavy atom. The molecule has 8 nitrogen and oxygen atoms in total. The van der Waals surface area contributed by atoms with Crippen LogP contribution in [0, 0.1) is 5.92 Å². The zero-order chi connectivity index (χ0) is 19.0. The van der Waals surface area contributed by atoms with E-state index >= 15 is 0 Å². The lowest BCUT2D eigenvalue weighted by atomic mass is 9.82. The summed E-state index contributed by atoms with van der Waals surface area (Å²) in [6, 6.07) is 1.87. The Kier molecular flexibility index (Phi) is 4.39. The van der Waals surface area contributed by atoms with Crippen molar-refractivity contribution in [2.45, 2.75) is 31.8 Å². The second-order valence-corrected chi connectivity index (χ2v) is 6.99. The van der Waals surface area contributed by atoms with Crippen LogP contribution < -0.4 is 10.5 Å². The SMILES string of the molecule is C=C(C(N)=O)[C@@H]1CCC[C@H](Oc2nc(-c3cnn(C)c3)cn3nccc23)C1. The summed E-state index contributed by atoms with van der Waals surface area (Å²) in [5, 5.41) is 8.53. The van der Waals surface area contributed by atoms with Crippen molar-refractivity contribution in [1.82, 2.24) is 24.4 Å². The molecule has 0 bridgehead atoms. The molecular formula is C19H22N6O2. The minimum absolute atomic E-state index is 0.0461. The Morgan fingerprint density at radius 2 is 2.19 bits per heavy atom. The van der Waals surface area contributed by atoms with Crippen molar-refractivity contribution >= 4 is 11.4 Å². The molecule has 4 rings (SSSR count). The molecule has 0 unspecified atom stereocenters. The second kappa shape index (κ2) is 6.86. The van der Waals surface area contributed by atoms with Gasteiger partial charge in [0.1, 0.15) is 11.6 Å². The Labute approximate surface area is 156 Å². The molecule has 1 saturated carbocycles. The van der Waals surface area contributed by atoms with Crippen molar-refractivity contribution in [3.63, 3.8) is 0 Å². The average Bonchev–Trinajstić information content (AvgIpc) is 3.30. The first-order valence-corrected chi connectivity index (χ1v) is 9.00. The monoisotopic (exact) mass is 366 g/mol. The van der Waals surface area contributed by atoms with Crippen LogP contribution in [0.3, 0.4) is 0 Å². The summed E-state index contributed by atoms with van der Waals surface area (Å²) < 4.78 is 9.75. The lowest BCUT2D eigenvalue weighted by molar-refractivity contribution is -0.115. The molecule has 0 saturated heterocycles. The van der Waals surface area contributed by atoms with Gasteiger partial charge >= 0.3 is 0 Å². The molecule has 140 valence electrons. The molecular weight excluding hydrogens is 344 g/mol. The standard InChI is InChI=1S/C19H22N6O2/c1-12(18(20)26)13-4-3-5-15(8-13)27-19-17-6-7-21-25(17)11-16(23-19)14-9-22-24(2)10-14/h6-7,9-11,13,15H,1,3-5,8H2,2H3,(H2,20,26)/t13-,15+/m1/s1. The molecule has 2 atom stereocenters. The average molecular weight is 366 g/mol. The van der Waals surface area contributed by atoms with Crippen LogP contribution in [0.2, 0.25) is 0 Å². The van der Waals surface area contributed by atoms with Crippen LogP contribution in [-0.4, -0.2) is 36.4 Å². The first-order valence-electron chi connectivity index (χ1n) is 9.00. The highest BCUT2D eigenvalue weighted by Crippen LogP contribution is 2.33. The van der Waals surface area contributed by atoms with E-state index in [2.05, 4.69) is 16.8 Å². The first kappa shape index (κ1) is 17.3. The van der Waals surface area contributed by atoms with Crippen LogP contribution in [0.5, 0.6) is 5.88 Å². The topological polar surface area (TPSA) is 100 Å². The fourth-order valence-electron chi connectivity index (χ4n) is 3.60.